The maximum absolute atomic E-state index is 13.9. The van der Waals surface area contributed by atoms with E-state index in [0.717, 1.165) is 10.0 Å². The normalized spacial score (nSPS) is 18.3. The second kappa shape index (κ2) is 6.82. The lowest BCUT2D eigenvalue weighted by molar-refractivity contribution is 0.0209. The van der Waals surface area contributed by atoms with Crippen LogP contribution in [-0.2, 0) is 11.2 Å². The molecule has 0 amide bonds. The van der Waals surface area contributed by atoms with Crippen LogP contribution in [0.15, 0.2) is 22.7 Å². The summed E-state index contributed by atoms with van der Waals surface area (Å²) in [5, 5.41) is 3.30. The number of hydrogen-bond donors (Lipinski definition) is 1. The fourth-order valence-electron chi connectivity index (χ4n) is 2.50. The van der Waals surface area contributed by atoms with Crippen LogP contribution in [0.5, 0.6) is 0 Å². The highest BCUT2D eigenvalue weighted by Gasteiger charge is 2.36. The lowest BCUT2D eigenvalue weighted by atomic mass is 9.98. The van der Waals surface area contributed by atoms with Crippen molar-refractivity contribution in [2.45, 2.75) is 38.3 Å². The minimum Gasteiger partial charge on any atom is -0.377 e. The van der Waals surface area contributed by atoms with Gasteiger partial charge < -0.3 is 10.1 Å². The van der Waals surface area contributed by atoms with E-state index in [1.54, 1.807) is 0 Å². The van der Waals surface area contributed by atoms with Gasteiger partial charge in [-0.25, -0.2) is 4.39 Å². The van der Waals surface area contributed by atoms with E-state index in [1.165, 1.54) is 18.9 Å². The summed E-state index contributed by atoms with van der Waals surface area (Å²) in [5.74, 6) is 0.483. The Morgan fingerprint density at radius 3 is 2.74 bits per heavy atom. The molecule has 0 heterocycles. The first-order valence-electron chi connectivity index (χ1n) is 6.88. The van der Waals surface area contributed by atoms with Gasteiger partial charge in [0, 0.05) is 17.1 Å². The molecule has 1 aliphatic rings. The first-order valence-corrected chi connectivity index (χ1v) is 7.67. The summed E-state index contributed by atoms with van der Waals surface area (Å²) in [7, 11) is 1.93. The van der Waals surface area contributed by atoms with Gasteiger partial charge in [-0.1, -0.05) is 22.0 Å². The molecule has 2 nitrogen and oxygen atoms in total. The molecule has 0 saturated heterocycles. The molecule has 1 aromatic rings. The fraction of sp³-hybridized carbons (Fsp3) is 0.600. The molecule has 2 atom stereocenters. The largest absolute Gasteiger partial charge is 0.377 e. The Balaban J connectivity index is 2.08. The highest BCUT2D eigenvalue weighted by Crippen LogP contribution is 2.36. The maximum atomic E-state index is 13.9. The lowest BCUT2D eigenvalue weighted by Crippen LogP contribution is -2.42. The molecule has 2 rings (SSSR count). The van der Waals surface area contributed by atoms with Crippen molar-refractivity contribution in [3.05, 3.63) is 34.1 Å². The van der Waals surface area contributed by atoms with Crippen molar-refractivity contribution in [2.24, 2.45) is 5.92 Å². The highest BCUT2D eigenvalue weighted by molar-refractivity contribution is 9.10. The molecule has 19 heavy (non-hydrogen) atoms. The van der Waals surface area contributed by atoms with E-state index in [4.69, 9.17) is 4.74 Å². The van der Waals surface area contributed by atoms with Crippen molar-refractivity contribution >= 4 is 15.9 Å². The van der Waals surface area contributed by atoms with Gasteiger partial charge in [0.25, 0.3) is 0 Å². The summed E-state index contributed by atoms with van der Waals surface area (Å²) >= 11 is 3.29. The molecule has 0 bridgehead atoms. The third-order valence-electron chi connectivity index (χ3n) is 3.67. The van der Waals surface area contributed by atoms with Crippen molar-refractivity contribution in [2.75, 3.05) is 13.7 Å². The van der Waals surface area contributed by atoms with Crippen LogP contribution in [0.3, 0.4) is 0 Å². The average Bonchev–Trinajstić information content (AvgIpc) is 3.20. The predicted molar refractivity (Wildman–Crippen MR) is 78.8 cm³/mol. The molecule has 2 unspecified atom stereocenters. The van der Waals surface area contributed by atoms with Crippen LogP contribution in [0, 0.1) is 11.7 Å². The van der Waals surface area contributed by atoms with Gasteiger partial charge in [-0.3, -0.25) is 0 Å². The number of hydrogen-bond acceptors (Lipinski definition) is 2. The average molecular weight is 330 g/mol. The number of ether oxygens (including phenoxy) is 1. The first-order chi connectivity index (χ1) is 9.15. The smallest absolute Gasteiger partial charge is 0.127 e. The predicted octanol–water partition coefficient (Wildman–Crippen LogP) is 3.53. The minimum atomic E-state index is -0.152. The van der Waals surface area contributed by atoms with Crippen LogP contribution >= 0.6 is 15.9 Å². The Labute approximate surface area is 122 Å². The number of rotatable bonds is 7. The minimum absolute atomic E-state index is 0.152. The van der Waals surface area contributed by atoms with E-state index < -0.39 is 0 Å². The van der Waals surface area contributed by atoms with E-state index in [-0.39, 0.29) is 18.0 Å². The van der Waals surface area contributed by atoms with Crippen molar-refractivity contribution in [1.29, 1.82) is 0 Å². The molecule has 1 aliphatic carbocycles. The number of benzene rings is 1. The van der Waals surface area contributed by atoms with Crippen LogP contribution in [0.2, 0.25) is 0 Å². The second-order valence-electron chi connectivity index (χ2n) is 5.09. The molecule has 1 fully saturated rings. The Bertz CT molecular complexity index is 423. The lowest BCUT2D eigenvalue weighted by Gasteiger charge is -2.27. The standard InChI is InChI=1S/C15H21BrFNO/c1-3-19-15(10-4-5-10)14(18-2)8-11-6-7-12(16)9-13(11)17/h6-7,9-10,14-15,18H,3-5,8H2,1-2H3. The fourth-order valence-corrected chi connectivity index (χ4v) is 2.84. The molecule has 1 N–H and O–H groups in total. The monoisotopic (exact) mass is 329 g/mol. The van der Waals surface area contributed by atoms with E-state index in [1.807, 2.05) is 26.1 Å². The molecule has 1 aromatic carbocycles. The number of likely N-dealkylation sites (N-methyl/N-ethyl adjacent to an activating group) is 1. The highest BCUT2D eigenvalue weighted by atomic mass is 79.9. The van der Waals surface area contributed by atoms with Crippen LogP contribution in [-0.4, -0.2) is 25.8 Å². The zero-order valence-corrected chi connectivity index (χ0v) is 13.0. The molecule has 1 saturated carbocycles. The van der Waals surface area contributed by atoms with Crippen molar-refractivity contribution in [1.82, 2.24) is 5.32 Å². The van der Waals surface area contributed by atoms with Gasteiger partial charge in [0.1, 0.15) is 5.82 Å². The molecule has 0 aromatic heterocycles. The first kappa shape index (κ1) is 14.9. The SMILES string of the molecule is CCOC(C1CC1)C(Cc1ccc(Br)cc1F)NC. The van der Waals surface area contributed by atoms with E-state index in [9.17, 15) is 4.39 Å². The van der Waals surface area contributed by atoms with Crippen molar-refractivity contribution < 1.29 is 9.13 Å². The summed E-state index contributed by atoms with van der Waals surface area (Å²) in [6.45, 7) is 2.73. The van der Waals surface area contributed by atoms with E-state index in [2.05, 4.69) is 21.2 Å². The van der Waals surface area contributed by atoms with Gasteiger partial charge in [0.2, 0.25) is 0 Å². The topological polar surface area (TPSA) is 21.3 Å². The number of nitrogens with one attached hydrogen (secondary N) is 1. The summed E-state index contributed by atoms with van der Waals surface area (Å²) in [6, 6.07) is 5.43. The Morgan fingerprint density at radius 2 is 2.21 bits per heavy atom. The van der Waals surface area contributed by atoms with Gasteiger partial charge in [0.05, 0.1) is 6.10 Å². The van der Waals surface area contributed by atoms with Gasteiger partial charge >= 0.3 is 0 Å². The van der Waals surface area contributed by atoms with Crippen LogP contribution in [0.4, 0.5) is 4.39 Å². The van der Waals surface area contributed by atoms with Crippen molar-refractivity contribution in [3.8, 4) is 0 Å². The molecule has 0 aliphatic heterocycles. The van der Waals surface area contributed by atoms with Gasteiger partial charge in [-0.05, 0) is 56.8 Å². The molecular weight excluding hydrogens is 309 g/mol. The third-order valence-corrected chi connectivity index (χ3v) is 4.16. The zero-order chi connectivity index (χ0) is 13.8. The molecule has 4 heteroatoms. The molecule has 0 radical (unpaired) electrons. The van der Waals surface area contributed by atoms with Crippen LogP contribution in [0.25, 0.3) is 0 Å². The second-order valence-corrected chi connectivity index (χ2v) is 6.01. The summed E-state index contributed by atoms with van der Waals surface area (Å²) in [5.41, 5.74) is 0.743. The quantitative estimate of drug-likeness (QED) is 0.826. The zero-order valence-electron chi connectivity index (χ0n) is 11.5. The van der Waals surface area contributed by atoms with E-state index in [0.29, 0.717) is 18.9 Å². The molecular formula is C15H21BrFNO. The summed E-state index contributed by atoms with van der Waals surface area (Å²) < 4.78 is 20.6. The Kier molecular flexibility index (Phi) is 5.37. The number of halogens is 2. The van der Waals surface area contributed by atoms with Crippen molar-refractivity contribution in [3.63, 3.8) is 0 Å². The van der Waals surface area contributed by atoms with Crippen LogP contribution in [0.1, 0.15) is 25.3 Å². The molecule has 106 valence electrons. The third kappa shape index (κ3) is 4.01. The molecule has 0 spiro atoms. The Morgan fingerprint density at radius 1 is 1.47 bits per heavy atom. The van der Waals surface area contributed by atoms with E-state index >= 15 is 0 Å². The van der Waals surface area contributed by atoms with Gasteiger partial charge in [-0.2, -0.15) is 0 Å². The maximum Gasteiger partial charge on any atom is 0.127 e. The Hall–Kier alpha value is -0.450. The summed E-state index contributed by atoms with van der Waals surface area (Å²) in [4.78, 5) is 0. The van der Waals surface area contributed by atoms with Crippen LogP contribution < -0.4 is 5.32 Å². The summed E-state index contributed by atoms with van der Waals surface area (Å²) in [6.07, 6.45) is 3.31. The van der Waals surface area contributed by atoms with Gasteiger partial charge in [0.15, 0.2) is 0 Å². The van der Waals surface area contributed by atoms with Gasteiger partial charge in [-0.15, -0.1) is 0 Å².